The first-order valence-electron chi connectivity index (χ1n) is 9.33. The van der Waals surface area contributed by atoms with Crippen molar-refractivity contribution in [2.24, 2.45) is 0 Å². The van der Waals surface area contributed by atoms with E-state index < -0.39 is 17.6 Å². The highest BCUT2D eigenvalue weighted by molar-refractivity contribution is 8.26. The number of nitrogens with zero attached hydrogens (tertiary/aromatic N) is 1. The van der Waals surface area contributed by atoms with Crippen LogP contribution in [0.5, 0.6) is 11.5 Å². The Morgan fingerprint density at radius 2 is 1.94 bits per heavy atom. The fraction of sp³-hybridized carbons (Fsp3) is 0.190. The van der Waals surface area contributed by atoms with Crippen LogP contribution in [0.4, 0.5) is 18.9 Å². The van der Waals surface area contributed by atoms with Crippen molar-refractivity contribution < 1.29 is 32.2 Å². The quantitative estimate of drug-likeness (QED) is 0.496. The minimum atomic E-state index is -4.60. The molecule has 2 amide bonds. The number of rotatable bonds is 5. The molecule has 0 aromatic heterocycles. The largest absolute Gasteiger partial charge is 0.454 e. The molecule has 2 heterocycles. The number of hydrogen-bond donors (Lipinski definition) is 1. The molecule has 2 aromatic carbocycles. The molecule has 4 rings (SSSR count). The molecular weight excluding hydrogens is 465 g/mol. The summed E-state index contributed by atoms with van der Waals surface area (Å²) >= 11 is 6.33. The molecule has 2 aliphatic rings. The van der Waals surface area contributed by atoms with E-state index in [0.717, 1.165) is 23.4 Å². The molecule has 0 spiro atoms. The van der Waals surface area contributed by atoms with Gasteiger partial charge in [0.05, 0.1) is 16.2 Å². The van der Waals surface area contributed by atoms with Gasteiger partial charge in [0.25, 0.3) is 5.91 Å². The van der Waals surface area contributed by atoms with Crippen LogP contribution in [0.15, 0.2) is 47.4 Å². The Bertz CT molecular complexity index is 1130. The normalized spacial score (nSPS) is 16.7. The second-order valence-electron chi connectivity index (χ2n) is 6.79. The number of benzene rings is 2. The maximum atomic E-state index is 13.1. The predicted octanol–water partition coefficient (Wildman–Crippen LogP) is 4.66. The number of fused-ring (bicyclic) bond motifs is 1. The van der Waals surface area contributed by atoms with Gasteiger partial charge in [-0.3, -0.25) is 14.5 Å². The van der Waals surface area contributed by atoms with Gasteiger partial charge in [-0.1, -0.05) is 42.2 Å². The Kier molecular flexibility index (Phi) is 6.11. The van der Waals surface area contributed by atoms with Crippen molar-refractivity contribution in [3.8, 4) is 11.5 Å². The summed E-state index contributed by atoms with van der Waals surface area (Å²) in [5, 5.41) is 2.26. The van der Waals surface area contributed by atoms with Crippen LogP contribution in [0.2, 0.25) is 0 Å². The SMILES string of the molecule is O=C(CCN1C(=O)/C(=C\c2ccc3c(c2)OCO3)SC1=S)Nc1ccccc1C(F)(F)F. The summed E-state index contributed by atoms with van der Waals surface area (Å²) < 4.78 is 50.1. The fourth-order valence-electron chi connectivity index (χ4n) is 3.11. The van der Waals surface area contributed by atoms with Crippen LogP contribution < -0.4 is 14.8 Å². The highest BCUT2D eigenvalue weighted by Gasteiger charge is 2.34. The van der Waals surface area contributed by atoms with Crippen LogP contribution >= 0.6 is 24.0 Å². The minimum absolute atomic E-state index is 0.0524. The molecule has 1 N–H and O–H groups in total. The maximum absolute atomic E-state index is 13.1. The van der Waals surface area contributed by atoms with Crippen molar-refractivity contribution in [2.75, 3.05) is 18.7 Å². The summed E-state index contributed by atoms with van der Waals surface area (Å²) in [6.07, 6.45) is -3.15. The summed E-state index contributed by atoms with van der Waals surface area (Å²) in [5.41, 5.74) is -0.556. The number of amides is 2. The zero-order chi connectivity index (χ0) is 22.9. The zero-order valence-corrected chi connectivity index (χ0v) is 17.9. The standard InChI is InChI=1S/C21H15F3N2O4S2/c22-21(23,24)13-3-1-2-4-14(13)25-18(27)7-8-26-19(28)17(32-20(26)31)10-12-5-6-15-16(9-12)30-11-29-15/h1-6,9-10H,7-8,11H2,(H,25,27)/b17-10+. The first-order valence-corrected chi connectivity index (χ1v) is 10.6. The molecule has 32 heavy (non-hydrogen) atoms. The minimum Gasteiger partial charge on any atom is -0.454 e. The van der Waals surface area contributed by atoms with Gasteiger partial charge in [0, 0.05) is 13.0 Å². The molecule has 0 saturated carbocycles. The number of alkyl halides is 3. The van der Waals surface area contributed by atoms with Crippen molar-refractivity contribution >= 4 is 51.9 Å². The summed E-state index contributed by atoms with van der Waals surface area (Å²) in [4.78, 5) is 26.6. The molecule has 0 bridgehead atoms. The molecule has 2 aromatic rings. The lowest BCUT2D eigenvalue weighted by Crippen LogP contribution is -2.31. The summed E-state index contributed by atoms with van der Waals surface area (Å²) in [5.74, 6) is 0.162. The first kappa shape index (κ1) is 22.2. The van der Waals surface area contributed by atoms with Gasteiger partial charge in [-0.25, -0.2) is 0 Å². The molecule has 2 aliphatic heterocycles. The molecule has 0 unspecified atom stereocenters. The Hall–Kier alpha value is -3.05. The second-order valence-corrected chi connectivity index (χ2v) is 8.46. The monoisotopic (exact) mass is 480 g/mol. The number of anilines is 1. The predicted molar refractivity (Wildman–Crippen MR) is 117 cm³/mol. The van der Waals surface area contributed by atoms with Crippen LogP contribution in [0.3, 0.4) is 0 Å². The summed E-state index contributed by atoms with van der Waals surface area (Å²) in [6, 6.07) is 9.94. The van der Waals surface area contributed by atoms with Gasteiger partial charge in [-0.15, -0.1) is 0 Å². The van der Waals surface area contributed by atoms with Crippen molar-refractivity contribution in [1.82, 2.24) is 4.90 Å². The molecule has 0 radical (unpaired) electrons. The van der Waals surface area contributed by atoms with Gasteiger partial charge in [0.1, 0.15) is 4.32 Å². The van der Waals surface area contributed by atoms with Crippen LogP contribution in [-0.4, -0.2) is 34.4 Å². The number of thioether (sulfide) groups is 1. The highest BCUT2D eigenvalue weighted by Crippen LogP contribution is 2.37. The number of thiocarbonyl (C=S) groups is 1. The van der Waals surface area contributed by atoms with Crippen LogP contribution in [-0.2, 0) is 15.8 Å². The van der Waals surface area contributed by atoms with E-state index in [1.165, 1.54) is 23.1 Å². The lowest BCUT2D eigenvalue weighted by molar-refractivity contribution is -0.137. The molecular formula is C21H15F3N2O4S2. The van der Waals surface area contributed by atoms with E-state index in [4.69, 9.17) is 21.7 Å². The number of ether oxygens (including phenoxy) is 2. The number of halogens is 3. The molecule has 6 nitrogen and oxygen atoms in total. The van der Waals surface area contributed by atoms with Gasteiger partial charge < -0.3 is 14.8 Å². The lowest BCUT2D eigenvalue weighted by atomic mass is 10.1. The molecule has 11 heteroatoms. The molecule has 0 atom stereocenters. The second kappa shape index (κ2) is 8.83. The van der Waals surface area contributed by atoms with Crippen molar-refractivity contribution in [1.29, 1.82) is 0 Å². The van der Waals surface area contributed by atoms with Crippen molar-refractivity contribution in [3.05, 3.63) is 58.5 Å². The van der Waals surface area contributed by atoms with E-state index in [0.29, 0.717) is 16.4 Å². The average Bonchev–Trinajstić information content (AvgIpc) is 3.30. The lowest BCUT2D eigenvalue weighted by Gasteiger charge is -2.16. The Morgan fingerprint density at radius 3 is 2.72 bits per heavy atom. The van der Waals surface area contributed by atoms with Gasteiger partial charge in [-0.2, -0.15) is 13.2 Å². The van der Waals surface area contributed by atoms with Crippen LogP contribution in [0.25, 0.3) is 6.08 Å². The smallest absolute Gasteiger partial charge is 0.418 e. The summed E-state index contributed by atoms with van der Waals surface area (Å²) in [7, 11) is 0. The third-order valence-electron chi connectivity index (χ3n) is 4.64. The fourth-order valence-corrected chi connectivity index (χ4v) is 4.42. The topological polar surface area (TPSA) is 67.9 Å². The Balaban J connectivity index is 1.40. The molecule has 166 valence electrons. The number of carbonyl (C=O) groups is 2. The van der Waals surface area contributed by atoms with E-state index >= 15 is 0 Å². The zero-order valence-electron chi connectivity index (χ0n) is 16.3. The third-order valence-corrected chi connectivity index (χ3v) is 6.01. The number of hydrogen-bond acceptors (Lipinski definition) is 6. The first-order chi connectivity index (χ1) is 15.2. The van der Waals surface area contributed by atoms with E-state index in [-0.39, 0.29) is 35.7 Å². The molecule has 0 aliphatic carbocycles. The van der Waals surface area contributed by atoms with E-state index in [1.54, 1.807) is 24.3 Å². The number of nitrogens with one attached hydrogen (secondary N) is 1. The number of carbonyl (C=O) groups excluding carboxylic acids is 2. The highest BCUT2D eigenvalue weighted by atomic mass is 32.2. The third kappa shape index (κ3) is 4.73. The van der Waals surface area contributed by atoms with Gasteiger partial charge in [0.2, 0.25) is 12.7 Å². The Labute approximate surface area is 190 Å². The van der Waals surface area contributed by atoms with Crippen LogP contribution in [0, 0.1) is 0 Å². The van der Waals surface area contributed by atoms with Crippen LogP contribution in [0.1, 0.15) is 17.5 Å². The van der Waals surface area contributed by atoms with E-state index in [2.05, 4.69) is 5.32 Å². The van der Waals surface area contributed by atoms with Crippen molar-refractivity contribution in [3.63, 3.8) is 0 Å². The van der Waals surface area contributed by atoms with Gasteiger partial charge >= 0.3 is 6.18 Å². The molecule has 1 saturated heterocycles. The van der Waals surface area contributed by atoms with Gasteiger partial charge in [-0.05, 0) is 35.9 Å². The van der Waals surface area contributed by atoms with Gasteiger partial charge in [0.15, 0.2) is 11.5 Å². The summed E-state index contributed by atoms with van der Waals surface area (Å²) in [6.45, 7) is 0.0829. The maximum Gasteiger partial charge on any atom is 0.418 e. The molecule has 1 fully saturated rings. The van der Waals surface area contributed by atoms with E-state index in [9.17, 15) is 22.8 Å². The van der Waals surface area contributed by atoms with Crippen molar-refractivity contribution in [2.45, 2.75) is 12.6 Å². The number of para-hydroxylation sites is 1. The Morgan fingerprint density at radius 1 is 1.19 bits per heavy atom. The van der Waals surface area contributed by atoms with E-state index in [1.807, 2.05) is 0 Å². The average molecular weight is 480 g/mol.